The fourth-order valence-corrected chi connectivity index (χ4v) is 1.39. The Morgan fingerprint density at radius 3 is 2.30 bits per heavy atom. The lowest BCUT2D eigenvalue weighted by atomic mass is 10.3. The molecule has 0 bridgehead atoms. The van der Waals surface area contributed by atoms with Crippen LogP contribution in [-0.4, -0.2) is 43.3 Å². The van der Waals surface area contributed by atoms with Crippen molar-refractivity contribution >= 4 is 17.6 Å². The first-order chi connectivity index (χ1) is 9.40. The van der Waals surface area contributed by atoms with Crippen molar-refractivity contribution in [2.24, 2.45) is 0 Å². The molecule has 0 saturated carbocycles. The lowest BCUT2D eigenvalue weighted by Crippen LogP contribution is -2.31. The molecule has 20 heavy (non-hydrogen) atoms. The Kier molecular flexibility index (Phi) is 5.99. The number of anilines is 1. The van der Waals surface area contributed by atoms with Crippen LogP contribution in [0.5, 0.6) is 5.75 Å². The summed E-state index contributed by atoms with van der Waals surface area (Å²) in [6.07, 6.45) is -0.000792. The number of rotatable bonds is 7. The Balaban J connectivity index is 2.58. The van der Waals surface area contributed by atoms with Gasteiger partial charge in [-0.1, -0.05) is 0 Å². The van der Waals surface area contributed by atoms with E-state index >= 15 is 0 Å². The zero-order chi connectivity index (χ0) is 15.1. The average Bonchev–Trinajstić information content (AvgIpc) is 2.42. The van der Waals surface area contributed by atoms with Gasteiger partial charge in [-0.25, -0.2) is 4.79 Å². The first-order valence-corrected chi connectivity index (χ1v) is 6.23. The van der Waals surface area contributed by atoms with E-state index in [1.54, 1.807) is 31.3 Å². The Labute approximate surface area is 117 Å². The third kappa shape index (κ3) is 5.27. The van der Waals surface area contributed by atoms with Gasteiger partial charge >= 0.3 is 5.97 Å². The molecule has 0 heterocycles. The second kappa shape index (κ2) is 7.49. The highest BCUT2D eigenvalue weighted by Crippen LogP contribution is 2.18. The van der Waals surface area contributed by atoms with E-state index in [-0.39, 0.29) is 18.6 Å². The van der Waals surface area contributed by atoms with Crippen molar-refractivity contribution in [2.75, 3.05) is 25.2 Å². The molecule has 1 aromatic rings. The smallest absolute Gasteiger partial charge is 0.341 e. The van der Waals surface area contributed by atoms with Gasteiger partial charge in [0.2, 0.25) is 0 Å². The number of amides is 1. The lowest BCUT2D eigenvalue weighted by Gasteiger charge is -2.18. The summed E-state index contributed by atoms with van der Waals surface area (Å²) in [5, 5.41) is 8.50. The normalized spacial score (nSPS) is 10.4. The van der Waals surface area contributed by atoms with E-state index in [1.165, 1.54) is 4.90 Å². The summed E-state index contributed by atoms with van der Waals surface area (Å²) in [5.74, 6) is -0.749. The summed E-state index contributed by atoms with van der Waals surface area (Å²) < 4.78 is 10.3. The zero-order valence-electron chi connectivity index (χ0n) is 11.8. The largest absolute Gasteiger partial charge is 0.482 e. The van der Waals surface area contributed by atoms with E-state index < -0.39 is 12.6 Å². The maximum atomic E-state index is 11.8. The third-order valence-corrected chi connectivity index (χ3v) is 2.50. The average molecular weight is 281 g/mol. The van der Waals surface area contributed by atoms with Crippen LogP contribution in [0, 0.1) is 0 Å². The van der Waals surface area contributed by atoms with Gasteiger partial charge < -0.3 is 19.5 Å². The van der Waals surface area contributed by atoms with Gasteiger partial charge in [-0.15, -0.1) is 0 Å². The van der Waals surface area contributed by atoms with Crippen molar-refractivity contribution in [3.05, 3.63) is 24.3 Å². The fraction of sp³-hybridized carbons (Fsp3) is 0.429. The van der Waals surface area contributed by atoms with E-state index in [9.17, 15) is 9.59 Å². The van der Waals surface area contributed by atoms with E-state index in [2.05, 4.69) is 0 Å². The Morgan fingerprint density at radius 1 is 1.20 bits per heavy atom. The molecule has 110 valence electrons. The molecule has 0 aliphatic carbocycles. The molecule has 0 aromatic heterocycles. The van der Waals surface area contributed by atoms with Gasteiger partial charge in [0.15, 0.2) is 6.61 Å². The molecule has 0 spiro atoms. The second-order valence-electron chi connectivity index (χ2n) is 4.49. The number of carboxylic acids is 1. The van der Waals surface area contributed by atoms with Gasteiger partial charge in [0, 0.05) is 12.7 Å². The highest BCUT2D eigenvalue weighted by Gasteiger charge is 2.12. The van der Waals surface area contributed by atoms with E-state index in [0.717, 1.165) is 0 Å². The van der Waals surface area contributed by atoms with Crippen LogP contribution in [0.25, 0.3) is 0 Å². The number of ether oxygens (including phenoxy) is 2. The van der Waals surface area contributed by atoms with Crippen LogP contribution < -0.4 is 9.64 Å². The molecule has 0 unspecified atom stereocenters. The molecule has 6 nitrogen and oxygen atoms in total. The predicted molar refractivity (Wildman–Crippen MR) is 74.1 cm³/mol. The molecule has 0 atom stereocenters. The molecular weight excluding hydrogens is 262 g/mol. The number of benzene rings is 1. The van der Waals surface area contributed by atoms with Crippen LogP contribution in [-0.2, 0) is 14.3 Å². The predicted octanol–water partition coefficient (Wildman–Crippen LogP) is 1.54. The van der Waals surface area contributed by atoms with Crippen molar-refractivity contribution in [3.63, 3.8) is 0 Å². The molecule has 1 aromatic carbocycles. The minimum absolute atomic E-state index is 0.000792. The van der Waals surface area contributed by atoms with E-state index in [4.69, 9.17) is 14.6 Å². The molecule has 1 rings (SSSR count). The van der Waals surface area contributed by atoms with Crippen LogP contribution in [0.15, 0.2) is 24.3 Å². The van der Waals surface area contributed by atoms with Gasteiger partial charge in [0.05, 0.1) is 6.10 Å². The van der Waals surface area contributed by atoms with E-state index in [0.29, 0.717) is 11.4 Å². The molecule has 0 radical (unpaired) electrons. The third-order valence-electron chi connectivity index (χ3n) is 2.50. The first-order valence-electron chi connectivity index (χ1n) is 6.23. The molecule has 1 N–H and O–H groups in total. The van der Waals surface area contributed by atoms with Crippen LogP contribution in [0.1, 0.15) is 13.8 Å². The van der Waals surface area contributed by atoms with Crippen molar-refractivity contribution in [2.45, 2.75) is 20.0 Å². The highest BCUT2D eigenvalue weighted by atomic mass is 16.5. The van der Waals surface area contributed by atoms with Crippen molar-refractivity contribution in [1.29, 1.82) is 0 Å². The quantitative estimate of drug-likeness (QED) is 0.820. The molecule has 6 heteroatoms. The van der Waals surface area contributed by atoms with Crippen LogP contribution in [0.2, 0.25) is 0 Å². The standard InChI is InChI=1S/C14H19NO5/c1-10(2)19-8-13(16)15(3)11-4-6-12(7-5-11)20-9-14(17)18/h4-7,10H,8-9H2,1-3H3,(H,17,18). The molecule has 0 saturated heterocycles. The molecular formula is C14H19NO5. The number of carbonyl (C=O) groups excluding carboxylic acids is 1. The Morgan fingerprint density at radius 2 is 1.80 bits per heavy atom. The zero-order valence-corrected chi connectivity index (χ0v) is 11.8. The van der Waals surface area contributed by atoms with Gasteiger partial charge in [0.1, 0.15) is 12.4 Å². The first kappa shape index (κ1) is 16.0. The monoisotopic (exact) mass is 281 g/mol. The Hall–Kier alpha value is -2.08. The summed E-state index contributed by atoms with van der Waals surface area (Å²) >= 11 is 0. The van der Waals surface area contributed by atoms with E-state index in [1.807, 2.05) is 13.8 Å². The van der Waals surface area contributed by atoms with Crippen molar-refractivity contribution in [3.8, 4) is 5.75 Å². The topological polar surface area (TPSA) is 76.1 Å². The van der Waals surface area contributed by atoms with Gasteiger partial charge in [0.25, 0.3) is 5.91 Å². The van der Waals surface area contributed by atoms with Crippen LogP contribution >= 0.6 is 0 Å². The molecule has 0 aliphatic rings. The molecule has 0 aliphatic heterocycles. The molecule has 1 amide bonds. The lowest BCUT2D eigenvalue weighted by molar-refractivity contribution is -0.139. The fourth-order valence-electron chi connectivity index (χ4n) is 1.39. The highest BCUT2D eigenvalue weighted by molar-refractivity contribution is 5.93. The number of hydrogen-bond donors (Lipinski definition) is 1. The van der Waals surface area contributed by atoms with Gasteiger partial charge in [-0.05, 0) is 38.1 Å². The summed E-state index contributed by atoms with van der Waals surface area (Å²) in [6, 6.07) is 6.60. The SMILES string of the molecule is CC(C)OCC(=O)N(C)c1ccc(OCC(=O)O)cc1. The maximum absolute atomic E-state index is 11.8. The summed E-state index contributed by atoms with van der Waals surface area (Å²) in [6.45, 7) is 3.35. The number of carboxylic acid groups (broad SMARTS) is 1. The van der Waals surface area contributed by atoms with Crippen LogP contribution in [0.4, 0.5) is 5.69 Å². The molecule has 0 fully saturated rings. The minimum atomic E-state index is -1.03. The van der Waals surface area contributed by atoms with Crippen LogP contribution in [0.3, 0.4) is 0 Å². The number of likely N-dealkylation sites (N-methyl/N-ethyl adjacent to an activating group) is 1. The Bertz CT molecular complexity index is 455. The van der Waals surface area contributed by atoms with Crippen molar-refractivity contribution in [1.82, 2.24) is 0 Å². The second-order valence-corrected chi connectivity index (χ2v) is 4.49. The number of nitrogens with zero attached hydrogens (tertiary/aromatic N) is 1. The summed E-state index contributed by atoms with van der Waals surface area (Å²) in [7, 11) is 1.65. The maximum Gasteiger partial charge on any atom is 0.341 e. The van der Waals surface area contributed by atoms with Gasteiger partial charge in [-0.3, -0.25) is 4.79 Å². The minimum Gasteiger partial charge on any atom is -0.482 e. The number of carbonyl (C=O) groups is 2. The summed E-state index contributed by atoms with van der Waals surface area (Å²) in [4.78, 5) is 23.7. The van der Waals surface area contributed by atoms with Gasteiger partial charge in [-0.2, -0.15) is 0 Å². The number of hydrogen-bond acceptors (Lipinski definition) is 4. The van der Waals surface area contributed by atoms with Crippen molar-refractivity contribution < 1.29 is 24.2 Å². The summed E-state index contributed by atoms with van der Waals surface area (Å²) in [5.41, 5.74) is 0.685. The number of aliphatic carboxylic acids is 1.